The van der Waals surface area contributed by atoms with E-state index in [0.29, 0.717) is 31.3 Å². The number of rotatable bonds is 12. The molecular formula is C18H29N5O6S. The van der Waals surface area contributed by atoms with Crippen molar-refractivity contribution in [3.63, 3.8) is 0 Å². The highest BCUT2D eigenvalue weighted by atomic mass is 32.1. The van der Waals surface area contributed by atoms with Crippen molar-refractivity contribution in [2.24, 2.45) is 10.7 Å². The van der Waals surface area contributed by atoms with E-state index in [1.807, 2.05) is 5.38 Å². The number of carbonyl (C=O) groups excluding carboxylic acids is 1. The third-order valence-corrected chi connectivity index (χ3v) is 4.02. The number of nitrogens with one attached hydrogen (secondary N) is 2. The maximum absolute atomic E-state index is 10.7. The number of hydrogen-bond donors (Lipinski definition) is 5. The van der Waals surface area contributed by atoms with E-state index < -0.39 is 11.9 Å². The Labute approximate surface area is 179 Å². The van der Waals surface area contributed by atoms with Crippen LogP contribution in [0.25, 0.3) is 0 Å². The average molecular weight is 444 g/mol. The van der Waals surface area contributed by atoms with E-state index in [9.17, 15) is 14.4 Å². The molecule has 0 aromatic carbocycles. The number of nitrogens with two attached hydrogens (primary N) is 1. The molecule has 1 rings (SSSR count). The number of nitrogens with zero attached hydrogens (tertiary/aromatic N) is 2. The van der Waals surface area contributed by atoms with E-state index in [1.165, 1.54) is 18.3 Å². The summed E-state index contributed by atoms with van der Waals surface area (Å²) in [6, 6.07) is 0. The average Bonchev–Trinajstić information content (AvgIpc) is 3.10. The van der Waals surface area contributed by atoms with Gasteiger partial charge in [0, 0.05) is 38.1 Å². The van der Waals surface area contributed by atoms with Gasteiger partial charge in [0.2, 0.25) is 5.91 Å². The number of anilines is 1. The molecule has 0 saturated carbocycles. The van der Waals surface area contributed by atoms with E-state index in [2.05, 4.69) is 20.6 Å². The van der Waals surface area contributed by atoms with Gasteiger partial charge in [0.1, 0.15) is 0 Å². The third kappa shape index (κ3) is 17.1. The van der Waals surface area contributed by atoms with Crippen LogP contribution in [0.4, 0.5) is 5.13 Å². The van der Waals surface area contributed by atoms with Crippen LogP contribution >= 0.6 is 11.3 Å². The molecule has 0 saturated heterocycles. The van der Waals surface area contributed by atoms with Gasteiger partial charge in [0.05, 0.1) is 18.8 Å². The fraction of sp³-hybridized carbons (Fsp3) is 0.500. The Hall–Kier alpha value is -2.99. The molecule has 0 aliphatic rings. The van der Waals surface area contributed by atoms with Gasteiger partial charge in [-0.2, -0.15) is 0 Å². The van der Waals surface area contributed by atoms with Gasteiger partial charge in [-0.1, -0.05) is 6.42 Å². The van der Waals surface area contributed by atoms with E-state index in [-0.39, 0.29) is 5.91 Å². The number of methoxy groups -OCH3 is 1. The van der Waals surface area contributed by atoms with Crippen LogP contribution in [0, 0.1) is 0 Å². The minimum Gasteiger partial charge on any atom is -0.478 e. The Morgan fingerprint density at radius 3 is 2.47 bits per heavy atom. The van der Waals surface area contributed by atoms with Gasteiger partial charge in [0.15, 0.2) is 11.1 Å². The molecule has 0 fully saturated rings. The van der Waals surface area contributed by atoms with Crippen LogP contribution in [-0.2, 0) is 25.5 Å². The van der Waals surface area contributed by atoms with Gasteiger partial charge < -0.3 is 31.3 Å². The maximum atomic E-state index is 10.7. The zero-order valence-electron chi connectivity index (χ0n) is 17.1. The summed E-state index contributed by atoms with van der Waals surface area (Å²) in [5.41, 5.74) is 6.80. The summed E-state index contributed by atoms with van der Waals surface area (Å²) >= 11 is 1.52. The Bertz CT molecular complexity index is 704. The predicted molar refractivity (Wildman–Crippen MR) is 115 cm³/mol. The van der Waals surface area contributed by atoms with Crippen molar-refractivity contribution >= 4 is 40.3 Å². The molecule has 0 unspecified atom stereocenters. The number of aliphatic imine (C=N–C) groups is 1. The molecule has 0 aliphatic heterocycles. The van der Waals surface area contributed by atoms with E-state index in [4.69, 9.17) is 20.7 Å². The first kappa shape index (κ1) is 27.0. The molecule has 0 aliphatic carbocycles. The fourth-order valence-electron chi connectivity index (χ4n) is 1.90. The molecule has 0 bridgehead atoms. The smallest absolute Gasteiger partial charge is 0.328 e. The van der Waals surface area contributed by atoms with Crippen molar-refractivity contribution in [2.75, 3.05) is 32.1 Å². The first-order valence-corrected chi connectivity index (χ1v) is 10.0. The summed E-state index contributed by atoms with van der Waals surface area (Å²) in [6.45, 7) is 3.35. The number of ether oxygens (including phenoxy) is 1. The number of carboxylic acid groups (broad SMARTS) is 2. The zero-order valence-corrected chi connectivity index (χ0v) is 17.9. The minimum absolute atomic E-state index is 0.0277. The van der Waals surface area contributed by atoms with Crippen molar-refractivity contribution < 1.29 is 29.3 Å². The van der Waals surface area contributed by atoms with Gasteiger partial charge in [-0.05, 0) is 19.3 Å². The lowest BCUT2D eigenvalue weighted by Crippen LogP contribution is -2.23. The SMILES string of the molecule is COCCN=C(N)Nc1nc(CCCCCNC(C)=O)cs1.O=C(O)C=CC(=O)O. The Morgan fingerprint density at radius 1 is 1.23 bits per heavy atom. The van der Waals surface area contributed by atoms with Crippen LogP contribution in [0.1, 0.15) is 31.9 Å². The molecule has 1 amide bonds. The van der Waals surface area contributed by atoms with Gasteiger partial charge in [-0.25, -0.2) is 14.6 Å². The van der Waals surface area contributed by atoms with Crippen LogP contribution in [-0.4, -0.2) is 65.8 Å². The quantitative estimate of drug-likeness (QED) is 0.137. The fourth-order valence-corrected chi connectivity index (χ4v) is 2.65. The highest BCUT2D eigenvalue weighted by molar-refractivity contribution is 7.13. The number of carbonyl (C=O) groups is 3. The molecule has 0 atom stereocenters. The Morgan fingerprint density at radius 2 is 1.90 bits per heavy atom. The third-order valence-electron chi connectivity index (χ3n) is 3.22. The largest absolute Gasteiger partial charge is 0.478 e. The Balaban J connectivity index is 0.000000890. The number of guanidine groups is 1. The first-order valence-electron chi connectivity index (χ1n) is 9.13. The predicted octanol–water partition coefficient (Wildman–Crippen LogP) is 1.08. The second kappa shape index (κ2) is 16.9. The number of aryl methyl sites for hydroxylation is 1. The van der Waals surface area contributed by atoms with Crippen LogP contribution in [0.15, 0.2) is 22.5 Å². The van der Waals surface area contributed by atoms with Crippen LogP contribution in [0.3, 0.4) is 0 Å². The van der Waals surface area contributed by atoms with Crippen molar-refractivity contribution in [1.82, 2.24) is 10.3 Å². The topological polar surface area (TPSA) is 176 Å². The summed E-state index contributed by atoms with van der Waals surface area (Å²) in [4.78, 5) is 38.4. The summed E-state index contributed by atoms with van der Waals surface area (Å²) in [6.07, 6.45) is 5.17. The molecule has 1 aromatic rings. The van der Waals surface area contributed by atoms with Gasteiger partial charge in [-0.15, -0.1) is 11.3 Å². The molecule has 0 spiro atoms. The molecule has 6 N–H and O–H groups in total. The number of hydrogen-bond acceptors (Lipinski definition) is 7. The maximum Gasteiger partial charge on any atom is 0.328 e. The van der Waals surface area contributed by atoms with Crippen molar-refractivity contribution in [3.8, 4) is 0 Å². The highest BCUT2D eigenvalue weighted by Gasteiger charge is 2.03. The lowest BCUT2D eigenvalue weighted by molar-refractivity contribution is -0.134. The molecule has 12 heteroatoms. The molecule has 0 radical (unpaired) electrons. The zero-order chi connectivity index (χ0) is 22.8. The Kier molecular flexibility index (Phi) is 15.2. The van der Waals surface area contributed by atoms with E-state index in [1.54, 1.807) is 7.11 Å². The van der Waals surface area contributed by atoms with Crippen LogP contribution < -0.4 is 16.4 Å². The lowest BCUT2D eigenvalue weighted by atomic mass is 10.1. The number of carboxylic acids is 2. The number of aromatic nitrogens is 1. The number of aliphatic carboxylic acids is 2. The van der Waals surface area contributed by atoms with Gasteiger partial charge >= 0.3 is 11.9 Å². The van der Waals surface area contributed by atoms with Gasteiger partial charge in [0.25, 0.3) is 0 Å². The summed E-state index contributed by atoms with van der Waals surface area (Å²) in [7, 11) is 1.63. The molecule has 1 heterocycles. The summed E-state index contributed by atoms with van der Waals surface area (Å²) in [5.74, 6) is -2.13. The molecule has 30 heavy (non-hydrogen) atoms. The van der Waals surface area contributed by atoms with Crippen molar-refractivity contribution in [3.05, 3.63) is 23.2 Å². The number of amides is 1. The van der Waals surface area contributed by atoms with Crippen LogP contribution in [0.5, 0.6) is 0 Å². The lowest BCUT2D eigenvalue weighted by Gasteiger charge is -2.02. The second-order valence-electron chi connectivity index (χ2n) is 5.83. The molecule has 11 nitrogen and oxygen atoms in total. The van der Waals surface area contributed by atoms with E-state index >= 15 is 0 Å². The molecule has 1 aromatic heterocycles. The monoisotopic (exact) mass is 443 g/mol. The number of unbranched alkanes of at least 4 members (excludes halogenated alkanes) is 2. The first-order chi connectivity index (χ1) is 14.2. The minimum atomic E-state index is -1.26. The van der Waals surface area contributed by atoms with Gasteiger partial charge in [-0.3, -0.25) is 9.79 Å². The van der Waals surface area contributed by atoms with E-state index in [0.717, 1.165) is 43.1 Å². The standard InChI is InChI=1S/C14H25N5O2S.C4H4O4/c1-11(20)16-7-5-3-4-6-12-10-22-14(18-12)19-13(15)17-8-9-21-2;5-3(6)1-2-4(7)8/h10H,3-9H2,1-2H3,(H,16,20)(H3,15,17,18,19);1-2H,(H,5,6)(H,7,8). The number of thiazole rings is 1. The molecule has 168 valence electrons. The summed E-state index contributed by atoms with van der Waals surface area (Å²) in [5, 5.41) is 24.2. The van der Waals surface area contributed by atoms with Crippen molar-refractivity contribution in [1.29, 1.82) is 0 Å². The normalized spacial score (nSPS) is 10.9. The van der Waals surface area contributed by atoms with Crippen molar-refractivity contribution in [2.45, 2.75) is 32.6 Å². The highest BCUT2D eigenvalue weighted by Crippen LogP contribution is 2.16. The van der Waals surface area contributed by atoms with Crippen LogP contribution in [0.2, 0.25) is 0 Å². The molecular weight excluding hydrogens is 414 g/mol. The summed E-state index contributed by atoms with van der Waals surface area (Å²) < 4.78 is 4.91. The second-order valence-corrected chi connectivity index (χ2v) is 6.69.